The molecule has 2 aliphatic rings. The maximum absolute atomic E-state index is 13.8. The zero-order chi connectivity index (χ0) is 39.1. The number of nitrogens with zero attached hydrogens (tertiary/aromatic N) is 2. The maximum Gasteiger partial charge on any atom is 1.00 e. The number of hydrogen-bond acceptors (Lipinski definition) is 9. The van der Waals surface area contributed by atoms with E-state index in [4.69, 9.17) is 0 Å². The molecule has 0 aromatic heterocycles. The molecule has 4 aromatic rings. The molecule has 2 fully saturated rings. The van der Waals surface area contributed by atoms with E-state index < -0.39 is 39.7 Å². The number of nitrogens with one attached hydrogen (secondary N) is 2. The summed E-state index contributed by atoms with van der Waals surface area (Å²) < 4.78 is 29.0. The van der Waals surface area contributed by atoms with Gasteiger partial charge in [0.15, 0.2) is 0 Å². The SMILES string of the molecule is CCN(C1CCC(C(=O)[O-])CC1)S(=O)(=O)c1cccc(C(=O)Nc2ccc(N3CCCC3)cc2C(=O)Nc2ccc(CCc3ccc(C(=O)[O-])cc3)cc2)c1.[K+].[K+]. The van der Waals surface area contributed by atoms with Crippen molar-refractivity contribution >= 4 is 50.8 Å². The van der Waals surface area contributed by atoms with E-state index in [1.165, 1.54) is 40.7 Å². The Bertz CT molecular complexity index is 2150. The van der Waals surface area contributed by atoms with E-state index in [-0.39, 0.29) is 143 Å². The van der Waals surface area contributed by atoms with Crippen LogP contribution < -0.4 is 129 Å². The Kier molecular flexibility index (Phi) is 18.2. The van der Waals surface area contributed by atoms with E-state index in [0.717, 1.165) is 42.7 Å². The first-order valence-electron chi connectivity index (χ1n) is 18.7. The van der Waals surface area contributed by atoms with Crippen LogP contribution in [0.25, 0.3) is 0 Å². The molecule has 1 heterocycles. The summed E-state index contributed by atoms with van der Waals surface area (Å²) in [4.78, 5) is 52.0. The van der Waals surface area contributed by atoms with Gasteiger partial charge in [-0.3, -0.25) is 9.59 Å². The molecule has 57 heavy (non-hydrogen) atoms. The molecule has 0 spiro atoms. The van der Waals surface area contributed by atoms with E-state index in [2.05, 4.69) is 15.5 Å². The Labute approximate surface area is 419 Å². The van der Waals surface area contributed by atoms with Crippen molar-refractivity contribution < 1.29 is 141 Å². The predicted molar refractivity (Wildman–Crippen MR) is 205 cm³/mol. The molecule has 15 heteroatoms. The molecule has 2 amide bonds. The van der Waals surface area contributed by atoms with Gasteiger partial charge in [0.25, 0.3) is 11.8 Å². The molecular weight excluding hydrogens is 799 g/mol. The van der Waals surface area contributed by atoms with Crippen molar-refractivity contribution in [1.29, 1.82) is 0 Å². The van der Waals surface area contributed by atoms with Gasteiger partial charge in [0.05, 0.1) is 22.1 Å². The third kappa shape index (κ3) is 12.2. The van der Waals surface area contributed by atoms with Crippen LogP contribution in [-0.4, -0.2) is 62.2 Å². The van der Waals surface area contributed by atoms with Gasteiger partial charge in [-0.25, -0.2) is 8.42 Å². The minimum atomic E-state index is -4.02. The average Bonchev–Trinajstić information content (AvgIpc) is 3.74. The number of carbonyl (C=O) groups is 4. The Morgan fingerprint density at radius 1 is 0.737 bits per heavy atom. The zero-order valence-electron chi connectivity index (χ0n) is 32.7. The molecule has 1 saturated heterocycles. The number of aryl methyl sites for hydroxylation is 2. The van der Waals surface area contributed by atoms with Gasteiger partial charge in [-0.2, -0.15) is 4.31 Å². The van der Waals surface area contributed by atoms with Crippen molar-refractivity contribution in [3.8, 4) is 0 Å². The number of carbonyl (C=O) groups excluding carboxylic acids is 4. The molecule has 1 aliphatic heterocycles. The first kappa shape index (κ1) is 47.4. The van der Waals surface area contributed by atoms with Crippen molar-refractivity contribution in [2.24, 2.45) is 5.92 Å². The van der Waals surface area contributed by atoms with Gasteiger partial charge < -0.3 is 35.3 Å². The van der Waals surface area contributed by atoms with Crippen LogP contribution in [0, 0.1) is 5.92 Å². The number of carboxylic acid groups (broad SMARTS) is 2. The molecular formula is C42H44K2N4O8S. The number of sulfonamides is 1. The van der Waals surface area contributed by atoms with Crippen molar-refractivity contribution in [1.82, 2.24) is 4.31 Å². The third-order valence-corrected chi connectivity index (χ3v) is 12.5. The number of benzene rings is 4. The second kappa shape index (κ2) is 21.8. The summed E-state index contributed by atoms with van der Waals surface area (Å²) in [6.07, 6.45) is 4.96. The summed E-state index contributed by atoms with van der Waals surface area (Å²) >= 11 is 0. The fourth-order valence-electron chi connectivity index (χ4n) is 7.40. The summed E-state index contributed by atoms with van der Waals surface area (Å²) in [6.45, 7) is 3.62. The smallest absolute Gasteiger partial charge is 0.550 e. The molecule has 2 N–H and O–H groups in total. The van der Waals surface area contributed by atoms with Gasteiger partial charge in [-0.15, -0.1) is 0 Å². The number of hydrogen-bond donors (Lipinski definition) is 2. The molecule has 6 rings (SSSR count). The number of carboxylic acids is 2. The van der Waals surface area contributed by atoms with Crippen LogP contribution in [-0.2, 0) is 27.7 Å². The molecule has 0 atom stereocenters. The molecule has 12 nitrogen and oxygen atoms in total. The summed E-state index contributed by atoms with van der Waals surface area (Å²) in [5, 5.41) is 28.2. The van der Waals surface area contributed by atoms with Crippen LogP contribution in [0.2, 0.25) is 0 Å². The van der Waals surface area contributed by atoms with Crippen molar-refractivity contribution in [3.63, 3.8) is 0 Å². The number of rotatable bonds is 14. The number of amides is 2. The summed E-state index contributed by atoms with van der Waals surface area (Å²) in [7, 11) is -4.02. The minimum absolute atomic E-state index is 0. The number of aromatic carboxylic acids is 1. The Balaban J connectivity index is 0.00000360. The van der Waals surface area contributed by atoms with E-state index in [1.54, 1.807) is 43.3 Å². The van der Waals surface area contributed by atoms with Gasteiger partial charge in [0, 0.05) is 48.6 Å². The van der Waals surface area contributed by atoms with E-state index >= 15 is 0 Å². The molecule has 1 saturated carbocycles. The summed E-state index contributed by atoms with van der Waals surface area (Å²) in [5.74, 6) is -3.93. The predicted octanol–water partition coefficient (Wildman–Crippen LogP) is -1.73. The number of anilines is 3. The van der Waals surface area contributed by atoms with Crippen molar-refractivity contribution in [2.45, 2.75) is 69.2 Å². The average molecular weight is 843 g/mol. The van der Waals surface area contributed by atoms with Crippen LogP contribution in [0.1, 0.15) is 87.6 Å². The molecule has 4 aromatic carbocycles. The van der Waals surface area contributed by atoms with Gasteiger partial charge in [0.1, 0.15) is 0 Å². The van der Waals surface area contributed by atoms with Crippen molar-refractivity contribution in [2.75, 3.05) is 35.2 Å². The van der Waals surface area contributed by atoms with E-state index in [9.17, 15) is 37.8 Å². The van der Waals surface area contributed by atoms with Gasteiger partial charge >= 0.3 is 103 Å². The summed E-state index contributed by atoms with van der Waals surface area (Å²) in [5.41, 5.74) is 4.16. The van der Waals surface area contributed by atoms with Gasteiger partial charge in [0.2, 0.25) is 10.0 Å². The van der Waals surface area contributed by atoms with Crippen LogP contribution in [0.4, 0.5) is 17.1 Å². The molecule has 0 bridgehead atoms. The molecule has 0 radical (unpaired) electrons. The Morgan fingerprint density at radius 3 is 1.93 bits per heavy atom. The van der Waals surface area contributed by atoms with Crippen LogP contribution in [0.15, 0.2) is 95.9 Å². The minimum Gasteiger partial charge on any atom is -0.550 e. The first-order valence-corrected chi connectivity index (χ1v) is 20.1. The van der Waals surface area contributed by atoms with Crippen LogP contribution >= 0.6 is 0 Å². The molecule has 1 aliphatic carbocycles. The van der Waals surface area contributed by atoms with Crippen molar-refractivity contribution in [3.05, 3.63) is 119 Å². The van der Waals surface area contributed by atoms with E-state index in [0.29, 0.717) is 44.2 Å². The monoisotopic (exact) mass is 842 g/mol. The normalized spacial score (nSPS) is 16.6. The number of aliphatic carboxylic acids is 1. The fourth-order valence-corrected chi connectivity index (χ4v) is 9.14. The third-order valence-electron chi connectivity index (χ3n) is 10.5. The Hall–Kier alpha value is -2.26. The summed E-state index contributed by atoms with van der Waals surface area (Å²) in [6, 6.07) is 24.7. The maximum atomic E-state index is 13.8. The largest absolute Gasteiger partial charge is 1.00 e. The fraction of sp³-hybridized carbons (Fsp3) is 0.333. The second-order valence-electron chi connectivity index (χ2n) is 14.1. The quantitative estimate of drug-likeness (QED) is 0.140. The Morgan fingerprint density at radius 2 is 1.35 bits per heavy atom. The van der Waals surface area contributed by atoms with E-state index in [1.807, 2.05) is 18.2 Å². The van der Waals surface area contributed by atoms with Gasteiger partial charge in [-0.1, -0.05) is 49.4 Å². The van der Waals surface area contributed by atoms with Gasteiger partial charge in [-0.05, 0) is 123 Å². The standard InChI is InChI=1S/C42H46N4O8S.2K/c1-2-46(34-20-16-31(17-21-34)42(51)52)55(53,54)36-7-5-6-32(26-36)39(47)44-38-23-22-35(45-24-3-4-25-45)27-37(38)40(48)43-33-18-12-29(13-19-33)9-8-28-10-14-30(15-11-28)41(49)50;;/h5-7,10-15,18-19,22-23,26-27,31,34H,2-4,8-9,16-17,20-21,24-25H2,1H3,(H,43,48)(H,44,47)(H,49,50)(H,51,52);;/q;2*+1/p-2. The second-order valence-corrected chi connectivity index (χ2v) is 16.0. The first-order chi connectivity index (χ1) is 26.4. The zero-order valence-corrected chi connectivity index (χ0v) is 39.7. The van der Waals surface area contributed by atoms with Crippen LogP contribution in [0.3, 0.4) is 0 Å². The topological polar surface area (TPSA) is 179 Å². The molecule has 0 unspecified atom stereocenters. The molecule has 288 valence electrons. The van der Waals surface area contributed by atoms with Crippen LogP contribution in [0.5, 0.6) is 0 Å².